The van der Waals surface area contributed by atoms with Gasteiger partial charge < -0.3 is 10.2 Å². The van der Waals surface area contributed by atoms with Crippen molar-refractivity contribution in [2.45, 2.75) is 11.7 Å². The number of aliphatic hydroxyl groups is 2. The van der Waals surface area contributed by atoms with Gasteiger partial charge in [0.25, 0.3) is 0 Å². The van der Waals surface area contributed by atoms with E-state index in [1.54, 1.807) is 0 Å². The average Bonchev–Trinajstić information content (AvgIpc) is 2.01. The standard InChI is InChI=1S/C8H12O2/c1-4-7(9)8(10,5-2)6-3/h4-7,9-10H,1-3H2. The molecule has 0 aromatic rings. The van der Waals surface area contributed by atoms with E-state index in [9.17, 15) is 5.11 Å². The lowest BCUT2D eigenvalue weighted by atomic mass is 9.97. The van der Waals surface area contributed by atoms with Gasteiger partial charge >= 0.3 is 0 Å². The van der Waals surface area contributed by atoms with Crippen molar-refractivity contribution >= 4 is 0 Å². The van der Waals surface area contributed by atoms with E-state index >= 15 is 0 Å². The number of aliphatic hydroxyl groups excluding tert-OH is 1. The molecule has 0 radical (unpaired) electrons. The second-order valence-corrected chi connectivity index (χ2v) is 1.98. The van der Waals surface area contributed by atoms with Gasteiger partial charge in [0, 0.05) is 0 Å². The third kappa shape index (κ3) is 1.56. The fourth-order valence-electron chi connectivity index (χ4n) is 0.514. The molecule has 0 amide bonds. The Morgan fingerprint density at radius 1 is 1.20 bits per heavy atom. The first-order chi connectivity index (χ1) is 4.60. The van der Waals surface area contributed by atoms with Gasteiger partial charge in [-0.3, -0.25) is 0 Å². The molecule has 2 nitrogen and oxygen atoms in total. The van der Waals surface area contributed by atoms with E-state index < -0.39 is 11.7 Å². The molecule has 1 atom stereocenters. The van der Waals surface area contributed by atoms with Crippen molar-refractivity contribution in [3.8, 4) is 0 Å². The van der Waals surface area contributed by atoms with E-state index in [0.29, 0.717) is 0 Å². The van der Waals surface area contributed by atoms with E-state index in [4.69, 9.17) is 5.11 Å². The second kappa shape index (κ2) is 3.34. The Labute approximate surface area is 60.8 Å². The first kappa shape index (κ1) is 9.14. The molecule has 0 saturated heterocycles. The number of hydrogen-bond donors (Lipinski definition) is 2. The summed E-state index contributed by atoms with van der Waals surface area (Å²) in [5.41, 5.74) is -1.44. The minimum absolute atomic E-state index is 1.04. The molecule has 0 aromatic heterocycles. The highest BCUT2D eigenvalue weighted by molar-refractivity contribution is 5.16. The first-order valence-corrected chi connectivity index (χ1v) is 2.91. The van der Waals surface area contributed by atoms with Crippen molar-refractivity contribution in [3.63, 3.8) is 0 Å². The van der Waals surface area contributed by atoms with Crippen LogP contribution in [-0.4, -0.2) is 21.9 Å². The van der Waals surface area contributed by atoms with Crippen LogP contribution in [0, 0.1) is 0 Å². The summed E-state index contributed by atoms with van der Waals surface area (Å²) in [6, 6.07) is 0. The molecular formula is C8H12O2. The first-order valence-electron chi connectivity index (χ1n) is 2.91. The van der Waals surface area contributed by atoms with E-state index in [-0.39, 0.29) is 0 Å². The van der Waals surface area contributed by atoms with Gasteiger partial charge in [-0.25, -0.2) is 0 Å². The molecule has 0 aliphatic rings. The maximum Gasteiger partial charge on any atom is 0.130 e. The Morgan fingerprint density at radius 2 is 1.60 bits per heavy atom. The zero-order valence-corrected chi connectivity index (χ0v) is 5.83. The van der Waals surface area contributed by atoms with Crippen LogP contribution in [0.4, 0.5) is 0 Å². The van der Waals surface area contributed by atoms with Gasteiger partial charge in [0.05, 0.1) is 0 Å². The molecule has 0 bridgehead atoms. The second-order valence-electron chi connectivity index (χ2n) is 1.98. The van der Waals surface area contributed by atoms with E-state index in [0.717, 1.165) is 0 Å². The molecule has 2 N–H and O–H groups in total. The molecule has 0 aliphatic heterocycles. The van der Waals surface area contributed by atoms with Crippen molar-refractivity contribution in [2.75, 3.05) is 0 Å². The maximum atomic E-state index is 9.34. The summed E-state index contributed by atoms with van der Waals surface area (Å²) >= 11 is 0. The molecule has 0 rings (SSSR count). The van der Waals surface area contributed by atoms with Crippen LogP contribution >= 0.6 is 0 Å². The number of rotatable bonds is 4. The maximum absolute atomic E-state index is 9.34. The molecule has 0 saturated carbocycles. The van der Waals surface area contributed by atoms with Crippen molar-refractivity contribution in [2.24, 2.45) is 0 Å². The minimum Gasteiger partial charge on any atom is -0.385 e. The summed E-state index contributed by atoms with van der Waals surface area (Å²) in [4.78, 5) is 0. The molecule has 10 heavy (non-hydrogen) atoms. The van der Waals surface area contributed by atoms with Crippen LogP contribution in [0.2, 0.25) is 0 Å². The topological polar surface area (TPSA) is 40.5 Å². The SMILES string of the molecule is C=CC(O)C(O)(C=C)C=C. The Bertz CT molecular complexity index is 141. The van der Waals surface area contributed by atoms with Crippen LogP contribution in [0.3, 0.4) is 0 Å². The zero-order valence-electron chi connectivity index (χ0n) is 5.83. The summed E-state index contributed by atoms with van der Waals surface area (Å²) in [5.74, 6) is 0. The summed E-state index contributed by atoms with van der Waals surface area (Å²) in [6.45, 7) is 10.0. The molecule has 0 spiro atoms. The highest BCUT2D eigenvalue weighted by atomic mass is 16.3. The Balaban J connectivity index is 4.45. The molecule has 1 unspecified atom stereocenters. The van der Waals surface area contributed by atoms with Crippen LogP contribution in [0.25, 0.3) is 0 Å². The monoisotopic (exact) mass is 140 g/mol. The van der Waals surface area contributed by atoms with E-state index in [2.05, 4.69) is 19.7 Å². The van der Waals surface area contributed by atoms with Gasteiger partial charge in [-0.2, -0.15) is 0 Å². The predicted octanol–water partition coefficient (Wildman–Crippen LogP) is 0.636. The summed E-state index contributed by atoms with van der Waals surface area (Å²) in [6.07, 6.45) is 2.62. The lowest BCUT2D eigenvalue weighted by molar-refractivity contribution is 0.0237. The van der Waals surface area contributed by atoms with Crippen LogP contribution in [-0.2, 0) is 0 Å². The molecule has 0 fully saturated rings. The molecular weight excluding hydrogens is 128 g/mol. The average molecular weight is 140 g/mol. The van der Waals surface area contributed by atoms with Crippen molar-refractivity contribution in [3.05, 3.63) is 38.0 Å². The third-order valence-corrected chi connectivity index (χ3v) is 1.35. The molecule has 0 aromatic carbocycles. The fraction of sp³-hybridized carbons (Fsp3) is 0.250. The predicted molar refractivity (Wildman–Crippen MR) is 41.5 cm³/mol. The highest BCUT2D eigenvalue weighted by Gasteiger charge is 2.25. The van der Waals surface area contributed by atoms with Crippen molar-refractivity contribution in [1.29, 1.82) is 0 Å². The van der Waals surface area contributed by atoms with Crippen LogP contribution in [0.15, 0.2) is 38.0 Å². The Hall–Kier alpha value is -0.860. The zero-order chi connectivity index (χ0) is 8.20. The van der Waals surface area contributed by atoms with Gasteiger partial charge in [-0.1, -0.05) is 31.4 Å². The molecule has 56 valence electrons. The Morgan fingerprint density at radius 3 is 1.70 bits per heavy atom. The normalized spacial score (nSPS) is 13.8. The Kier molecular flexibility index (Phi) is 3.06. The largest absolute Gasteiger partial charge is 0.385 e. The van der Waals surface area contributed by atoms with Crippen LogP contribution in [0.1, 0.15) is 0 Å². The summed E-state index contributed by atoms with van der Waals surface area (Å²) in [5, 5.41) is 18.4. The quantitative estimate of drug-likeness (QED) is 0.562. The van der Waals surface area contributed by atoms with Crippen molar-refractivity contribution < 1.29 is 10.2 Å². The fourth-order valence-corrected chi connectivity index (χ4v) is 0.514. The molecule has 0 aliphatic carbocycles. The van der Waals surface area contributed by atoms with Gasteiger partial charge in [0.2, 0.25) is 0 Å². The van der Waals surface area contributed by atoms with E-state index in [1.165, 1.54) is 18.2 Å². The third-order valence-electron chi connectivity index (χ3n) is 1.35. The van der Waals surface area contributed by atoms with Crippen LogP contribution < -0.4 is 0 Å². The van der Waals surface area contributed by atoms with Gasteiger partial charge in [-0.05, 0) is 0 Å². The lowest BCUT2D eigenvalue weighted by Crippen LogP contribution is -2.36. The minimum atomic E-state index is -1.44. The summed E-state index contributed by atoms with van der Waals surface area (Å²) < 4.78 is 0. The summed E-state index contributed by atoms with van der Waals surface area (Å²) in [7, 11) is 0. The highest BCUT2D eigenvalue weighted by Crippen LogP contribution is 2.13. The van der Waals surface area contributed by atoms with E-state index in [1.807, 2.05) is 0 Å². The lowest BCUT2D eigenvalue weighted by Gasteiger charge is -2.23. The van der Waals surface area contributed by atoms with Crippen molar-refractivity contribution in [1.82, 2.24) is 0 Å². The number of hydrogen-bond acceptors (Lipinski definition) is 2. The molecule has 0 heterocycles. The van der Waals surface area contributed by atoms with Crippen LogP contribution in [0.5, 0.6) is 0 Å². The van der Waals surface area contributed by atoms with Gasteiger partial charge in [-0.15, -0.1) is 6.58 Å². The van der Waals surface area contributed by atoms with Gasteiger partial charge in [0.1, 0.15) is 11.7 Å². The molecule has 2 heteroatoms. The van der Waals surface area contributed by atoms with Gasteiger partial charge in [0.15, 0.2) is 0 Å². The smallest absolute Gasteiger partial charge is 0.130 e.